The molecule has 0 aliphatic carbocycles. The van der Waals surface area contributed by atoms with Gasteiger partial charge in [-0.15, -0.1) is 0 Å². The monoisotopic (exact) mass is 212 g/mol. The van der Waals surface area contributed by atoms with Crippen LogP contribution < -0.4 is 0 Å². The lowest BCUT2D eigenvalue weighted by molar-refractivity contribution is 0.472. The summed E-state index contributed by atoms with van der Waals surface area (Å²) < 4.78 is 0. The number of aromatic nitrogens is 2. The summed E-state index contributed by atoms with van der Waals surface area (Å²) in [5.41, 5.74) is 1.20. The second-order valence-corrected chi connectivity index (χ2v) is 3.11. The van der Waals surface area contributed by atoms with Gasteiger partial charge in [0.25, 0.3) is 0 Å². The number of nitrogens with zero attached hydrogens (tertiary/aromatic N) is 2. The molecule has 0 atom stereocenters. The highest BCUT2D eigenvalue weighted by atomic mass is 16.3. The Morgan fingerprint density at radius 1 is 0.750 bits per heavy atom. The highest BCUT2D eigenvalue weighted by Gasteiger charge is 1.92. The Kier molecular flexibility index (Phi) is 2.70. The Morgan fingerprint density at radius 2 is 1.19 bits per heavy atom. The molecule has 0 saturated heterocycles. The zero-order chi connectivity index (χ0) is 11.4. The van der Waals surface area contributed by atoms with Gasteiger partial charge in [-0.3, -0.25) is 9.97 Å². The highest BCUT2D eigenvalue weighted by Crippen LogP contribution is 2.09. The molecule has 4 nitrogen and oxygen atoms in total. The van der Waals surface area contributed by atoms with E-state index >= 15 is 0 Å². The normalized spacial score (nSPS) is 9.25. The molecule has 0 radical (unpaired) electrons. The molecular formula is C12H8N2O2. The quantitative estimate of drug-likeness (QED) is 0.646. The Balaban J connectivity index is 2.28. The molecule has 0 fully saturated rings. The Bertz CT molecular complexity index is 521. The second-order valence-electron chi connectivity index (χ2n) is 3.11. The van der Waals surface area contributed by atoms with Crippen molar-refractivity contribution in [3.63, 3.8) is 0 Å². The molecule has 0 aliphatic rings. The van der Waals surface area contributed by atoms with Gasteiger partial charge >= 0.3 is 0 Å². The minimum absolute atomic E-state index is 0.0702. The summed E-state index contributed by atoms with van der Waals surface area (Å²) in [6.45, 7) is 0. The Morgan fingerprint density at radius 3 is 1.56 bits per heavy atom. The zero-order valence-corrected chi connectivity index (χ0v) is 8.25. The lowest BCUT2D eigenvalue weighted by Crippen LogP contribution is -1.79. The second kappa shape index (κ2) is 4.32. The molecule has 4 heteroatoms. The van der Waals surface area contributed by atoms with Crippen LogP contribution in [-0.4, -0.2) is 20.2 Å². The summed E-state index contributed by atoms with van der Waals surface area (Å²) in [6.07, 6.45) is 5.76. The van der Waals surface area contributed by atoms with Gasteiger partial charge < -0.3 is 10.2 Å². The van der Waals surface area contributed by atoms with Crippen LogP contribution in [0, 0.1) is 11.8 Å². The van der Waals surface area contributed by atoms with Crippen molar-refractivity contribution in [1.29, 1.82) is 0 Å². The maximum Gasteiger partial charge on any atom is 0.135 e. The van der Waals surface area contributed by atoms with Gasteiger partial charge in [-0.2, -0.15) is 0 Å². The maximum absolute atomic E-state index is 9.17. The third-order valence-corrected chi connectivity index (χ3v) is 1.80. The topological polar surface area (TPSA) is 66.2 Å². The molecule has 2 N–H and O–H groups in total. The fourth-order valence-electron chi connectivity index (χ4n) is 1.14. The van der Waals surface area contributed by atoms with Crippen LogP contribution >= 0.6 is 0 Å². The highest BCUT2D eigenvalue weighted by molar-refractivity contribution is 5.43. The van der Waals surface area contributed by atoms with E-state index in [1.165, 1.54) is 24.5 Å². The van der Waals surface area contributed by atoms with Crippen LogP contribution in [0.1, 0.15) is 11.1 Å². The van der Waals surface area contributed by atoms with Crippen LogP contribution in [0.2, 0.25) is 0 Å². The molecule has 2 rings (SSSR count). The molecule has 0 unspecified atom stereocenters. The van der Waals surface area contributed by atoms with Crippen molar-refractivity contribution in [2.75, 3.05) is 0 Å². The number of hydrogen-bond acceptors (Lipinski definition) is 4. The lowest BCUT2D eigenvalue weighted by atomic mass is 10.2. The van der Waals surface area contributed by atoms with Gasteiger partial charge in [-0.25, -0.2) is 0 Å². The summed E-state index contributed by atoms with van der Waals surface area (Å²) in [5, 5.41) is 18.3. The van der Waals surface area contributed by atoms with Crippen molar-refractivity contribution >= 4 is 0 Å². The minimum atomic E-state index is 0.0702. The van der Waals surface area contributed by atoms with Crippen LogP contribution in [-0.2, 0) is 0 Å². The summed E-state index contributed by atoms with van der Waals surface area (Å²) in [5.74, 6) is 5.75. The Hall–Kier alpha value is -2.54. The summed E-state index contributed by atoms with van der Waals surface area (Å²) in [7, 11) is 0. The third-order valence-electron chi connectivity index (χ3n) is 1.80. The van der Waals surface area contributed by atoms with E-state index in [0.717, 1.165) is 0 Å². The molecular weight excluding hydrogens is 204 g/mol. The van der Waals surface area contributed by atoms with Crippen molar-refractivity contribution in [3.8, 4) is 23.3 Å². The first-order valence-electron chi connectivity index (χ1n) is 4.54. The first-order valence-corrected chi connectivity index (χ1v) is 4.54. The number of pyridine rings is 2. The largest absolute Gasteiger partial charge is 0.506 e. The summed E-state index contributed by atoms with van der Waals surface area (Å²) in [6, 6.07) is 3.02. The number of rotatable bonds is 0. The van der Waals surface area contributed by atoms with Gasteiger partial charge in [0.2, 0.25) is 0 Å². The van der Waals surface area contributed by atoms with Gasteiger partial charge in [-0.05, 0) is 12.1 Å². The van der Waals surface area contributed by atoms with Crippen molar-refractivity contribution in [1.82, 2.24) is 9.97 Å². The van der Waals surface area contributed by atoms with Crippen molar-refractivity contribution < 1.29 is 10.2 Å². The van der Waals surface area contributed by atoms with Crippen molar-refractivity contribution in [2.24, 2.45) is 0 Å². The smallest absolute Gasteiger partial charge is 0.135 e. The average molecular weight is 212 g/mol. The molecule has 2 aromatic rings. The van der Waals surface area contributed by atoms with Crippen molar-refractivity contribution in [2.45, 2.75) is 0 Å². The first-order chi connectivity index (χ1) is 7.74. The maximum atomic E-state index is 9.17. The molecule has 16 heavy (non-hydrogen) atoms. The SMILES string of the molecule is Oc1cncc(C#Cc2cncc(O)c2)c1. The predicted octanol–water partition coefficient (Wildman–Crippen LogP) is 1.29. The van der Waals surface area contributed by atoms with Gasteiger partial charge in [0.1, 0.15) is 11.5 Å². The van der Waals surface area contributed by atoms with Crippen LogP contribution in [0.15, 0.2) is 36.9 Å². The van der Waals surface area contributed by atoms with E-state index in [2.05, 4.69) is 21.8 Å². The Labute approximate surface area is 92.2 Å². The van der Waals surface area contributed by atoms with E-state index in [0.29, 0.717) is 11.1 Å². The van der Waals surface area contributed by atoms with Gasteiger partial charge in [0.15, 0.2) is 0 Å². The molecule has 0 bridgehead atoms. The van der Waals surface area contributed by atoms with Crippen LogP contribution in [0.3, 0.4) is 0 Å². The van der Waals surface area contributed by atoms with E-state index < -0.39 is 0 Å². The zero-order valence-electron chi connectivity index (χ0n) is 8.25. The molecule has 0 amide bonds. The summed E-state index contributed by atoms with van der Waals surface area (Å²) >= 11 is 0. The van der Waals surface area contributed by atoms with Gasteiger partial charge in [-0.1, -0.05) is 11.8 Å². The molecule has 2 heterocycles. The minimum Gasteiger partial charge on any atom is -0.506 e. The van der Waals surface area contributed by atoms with E-state index in [1.54, 1.807) is 12.4 Å². The van der Waals surface area contributed by atoms with Crippen LogP contribution in [0.25, 0.3) is 0 Å². The molecule has 0 saturated carbocycles. The molecule has 78 valence electrons. The predicted molar refractivity (Wildman–Crippen MR) is 57.8 cm³/mol. The van der Waals surface area contributed by atoms with E-state index in [4.69, 9.17) is 0 Å². The van der Waals surface area contributed by atoms with E-state index in [9.17, 15) is 10.2 Å². The van der Waals surface area contributed by atoms with Gasteiger partial charge in [0.05, 0.1) is 12.4 Å². The summed E-state index contributed by atoms with van der Waals surface area (Å²) in [4.78, 5) is 7.59. The molecule has 0 spiro atoms. The van der Waals surface area contributed by atoms with E-state index in [-0.39, 0.29) is 11.5 Å². The molecule has 0 aliphatic heterocycles. The van der Waals surface area contributed by atoms with Crippen molar-refractivity contribution in [3.05, 3.63) is 48.0 Å². The van der Waals surface area contributed by atoms with E-state index in [1.807, 2.05) is 0 Å². The van der Waals surface area contributed by atoms with Crippen LogP contribution in [0.5, 0.6) is 11.5 Å². The first kappa shape index (κ1) is 9.99. The fourth-order valence-corrected chi connectivity index (χ4v) is 1.14. The lowest BCUT2D eigenvalue weighted by Gasteiger charge is -1.92. The van der Waals surface area contributed by atoms with Crippen LogP contribution in [0.4, 0.5) is 0 Å². The third kappa shape index (κ3) is 2.49. The average Bonchev–Trinajstić information content (AvgIpc) is 2.27. The van der Waals surface area contributed by atoms with Gasteiger partial charge in [0, 0.05) is 23.5 Å². The standard InChI is InChI=1S/C12H8N2O2/c15-11-3-9(5-13-7-11)1-2-10-4-12(16)8-14-6-10/h3-8,15-16H. The fraction of sp³-hybridized carbons (Fsp3) is 0. The molecule has 0 aromatic carbocycles. The molecule has 2 aromatic heterocycles. The number of aromatic hydroxyl groups is 2. The number of hydrogen-bond donors (Lipinski definition) is 2.